The Morgan fingerprint density at radius 2 is 1.67 bits per heavy atom. The standard InChI is InChI=1S/C15H18/c1-6-11-7-8-12-13(9-11)15(4,5)10-14(12,2)3/h1,7-9H,10H2,2-5H3. The van der Waals surface area contributed by atoms with Crippen LogP contribution >= 0.6 is 0 Å². The van der Waals surface area contributed by atoms with Gasteiger partial charge in [0.25, 0.3) is 0 Å². The smallest absolute Gasteiger partial charge is 0.0245 e. The Bertz CT molecular complexity index is 442. The zero-order valence-electron chi connectivity index (χ0n) is 10.0. The molecular formula is C15H18. The van der Waals surface area contributed by atoms with E-state index in [-0.39, 0.29) is 10.8 Å². The highest BCUT2D eigenvalue weighted by Crippen LogP contribution is 2.49. The summed E-state index contributed by atoms with van der Waals surface area (Å²) in [5.74, 6) is 2.72. The van der Waals surface area contributed by atoms with Crippen LogP contribution in [0.15, 0.2) is 18.2 Å². The van der Waals surface area contributed by atoms with Crippen molar-refractivity contribution in [1.29, 1.82) is 0 Å². The van der Waals surface area contributed by atoms with Crippen LogP contribution in [0, 0.1) is 12.3 Å². The predicted octanol–water partition coefficient (Wildman–Crippen LogP) is 3.63. The molecular weight excluding hydrogens is 180 g/mol. The van der Waals surface area contributed by atoms with Crippen molar-refractivity contribution < 1.29 is 0 Å². The van der Waals surface area contributed by atoms with Gasteiger partial charge in [0.2, 0.25) is 0 Å². The van der Waals surface area contributed by atoms with Crippen molar-refractivity contribution in [1.82, 2.24) is 0 Å². The molecule has 0 aliphatic heterocycles. The van der Waals surface area contributed by atoms with Gasteiger partial charge in [-0.1, -0.05) is 39.7 Å². The number of hydrogen-bond donors (Lipinski definition) is 0. The Morgan fingerprint density at radius 1 is 1.07 bits per heavy atom. The molecule has 0 nitrogen and oxygen atoms in total. The fourth-order valence-electron chi connectivity index (χ4n) is 3.08. The van der Waals surface area contributed by atoms with E-state index >= 15 is 0 Å². The van der Waals surface area contributed by atoms with Gasteiger partial charge in [-0.3, -0.25) is 0 Å². The van der Waals surface area contributed by atoms with E-state index in [4.69, 9.17) is 6.42 Å². The Kier molecular flexibility index (Phi) is 1.98. The van der Waals surface area contributed by atoms with Crippen LogP contribution in [-0.4, -0.2) is 0 Å². The number of benzene rings is 1. The third-order valence-corrected chi connectivity index (χ3v) is 3.53. The molecule has 0 radical (unpaired) electrons. The van der Waals surface area contributed by atoms with Crippen LogP contribution in [0.25, 0.3) is 0 Å². The largest absolute Gasteiger partial charge is 0.115 e. The molecule has 0 bridgehead atoms. The second-order valence-electron chi connectivity index (χ2n) is 5.85. The summed E-state index contributed by atoms with van der Waals surface area (Å²) >= 11 is 0. The average Bonchev–Trinajstić information content (AvgIpc) is 2.32. The zero-order valence-corrected chi connectivity index (χ0v) is 10.0. The van der Waals surface area contributed by atoms with E-state index in [1.54, 1.807) is 0 Å². The van der Waals surface area contributed by atoms with E-state index in [9.17, 15) is 0 Å². The summed E-state index contributed by atoms with van der Waals surface area (Å²) in [5, 5.41) is 0. The first kappa shape index (κ1) is 10.3. The van der Waals surface area contributed by atoms with Gasteiger partial charge in [-0.05, 0) is 40.5 Å². The van der Waals surface area contributed by atoms with Crippen molar-refractivity contribution in [2.24, 2.45) is 0 Å². The molecule has 0 aromatic heterocycles. The van der Waals surface area contributed by atoms with Crippen LogP contribution in [0.2, 0.25) is 0 Å². The molecule has 0 atom stereocenters. The lowest BCUT2D eigenvalue weighted by Crippen LogP contribution is -2.17. The summed E-state index contributed by atoms with van der Waals surface area (Å²) in [6.45, 7) is 9.24. The fraction of sp³-hybridized carbons (Fsp3) is 0.467. The van der Waals surface area contributed by atoms with Gasteiger partial charge in [0, 0.05) is 5.56 Å². The van der Waals surface area contributed by atoms with Crippen molar-refractivity contribution >= 4 is 0 Å². The van der Waals surface area contributed by atoms with Crippen LogP contribution in [0.3, 0.4) is 0 Å². The molecule has 1 aliphatic rings. The summed E-state index contributed by atoms with van der Waals surface area (Å²) in [4.78, 5) is 0. The van der Waals surface area contributed by atoms with Gasteiger partial charge < -0.3 is 0 Å². The van der Waals surface area contributed by atoms with E-state index in [0.29, 0.717) is 0 Å². The van der Waals surface area contributed by atoms with E-state index in [1.807, 2.05) is 0 Å². The van der Waals surface area contributed by atoms with Crippen molar-refractivity contribution in [3.8, 4) is 12.3 Å². The van der Waals surface area contributed by atoms with Crippen LogP contribution in [-0.2, 0) is 10.8 Å². The van der Waals surface area contributed by atoms with Crippen molar-refractivity contribution in [3.63, 3.8) is 0 Å². The second-order valence-corrected chi connectivity index (χ2v) is 5.85. The molecule has 1 aromatic rings. The quantitative estimate of drug-likeness (QED) is 0.558. The summed E-state index contributed by atoms with van der Waals surface area (Å²) in [7, 11) is 0. The van der Waals surface area contributed by atoms with Crippen LogP contribution in [0.1, 0.15) is 50.8 Å². The number of rotatable bonds is 0. The fourth-order valence-corrected chi connectivity index (χ4v) is 3.08. The summed E-state index contributed by atoms with van der Waals surface area (Å²) in [6, 6.07) is 6.45. The minimum absolute atomic E-state index is 0.256. The van der Waals surface area contributed by atoms with Crippen molar-refractivity contribution in [2.45, 2.75) is 44.9 Å². The molecule has 0 heteroatoms. The topological polar surface area (TPSA) is 0 Å². The number of terminal acetylenes is 1. The maximum absolute atomic E-state index is 5.45. The molecule has 0 unspecified atom stereocenters. The Morgan fingerprint density at radius 3 is 2.27 bits per heavy atom. The van der Waals surface area contributed by atoms with E-state index < -0.39 is 0 Å². The molecule has 0 saturated heterocycles. The Balaban J connectivity index is 2.67. The molecule has 2 rings (SSSR count). The third kappa shape index (κ3) is 1.47. The molecule has 0 N–H and O–H groups in total. The van der Waals surface area contributed by atoms with Crippen LogP contribution in [0.4, 0.5) is 0 Å². The first-order valence-corrected chi connectivity index (χ1v) is 5.48. The average molecular weight is 198 g/mol. The lowest BCUT2D eigenvalue weighted by molar-refractivity contribution is 0.403. The normalized spacial score (nSPS) is 20.7. The number of fused-ring (bicyclic) bond motifs is 1. The highest BCUT2D eigenvalue weighted by atomic mass is 14.4. The minimum Gasteiger partial charge on any atom is -0.115 e. The molecule has 0 saturated carbocycles. The summed E-state index contributed by atoms with van der Waals surface area (Å²) in [5.41, 5.74) is 4.44. The minimum atomic E-state index is 0.256. The van der Waals surface area contributed by atoms with Crippen LogP contribution < -0.4 is 0 Å². The Hall–Kier alpha value is -1.22. The summed E-state index contributed by atoms with van der Waals surface area (Å²) < 4.78 is 0. The van der Waals surface area contributed by atoms with E-state index in [0.717, 1.165) is 5.56 Å². The van der Waals surface area contributed by atoms with Gasteiger partial charge in [0.15, 0.2) is 0 Å². The lowest BCUT2D eigenvalue weighted by atomic mass is 9.82. The summed E-state index contributed by atoms with van der Waals surface area (Å²) in [6.07, 6.45) is 6.65. The molecule has 0 heterocycles. The highest BCUT2D eigenvalue weighted by Gasteiger charge is 2.41. The molecule has 15 heavy (non-hydrogen) atoms. The van der Waals surface area contributed by atoms with Gasteiger partial charge in [-0.2, -0.15) is 0 Å². The van der Waals surface area contributed by atoms with Gasteiger partial charge >= 0.3 is 0 Å². The molecule has 78 valence electrons. The first-order chi connectivity index (χ1) is 6.87. The van der Waals surface area contributed by atoms with Crippen LogP contribution in [0.5, 0.6) is 0 Å². The molecule has 1 aromatic carbocycles. The maximum atomic E-state index is 5.45. The molecule has 1 aliphatic carbocycles. The van der Waals surface area contributed by atoms with Gasteiger partial charge in [0.1, 0.15) is 0 Å². The maximum Gasteiger partial charge on any atom is 0.0245 e. The van der Waals surface area contributed by atoms with Crippen molar-refractivity contribution in [2.75, 3.05) is 0 Å². The highest BCUT2D eigenvalue weighted by molar-refractivity contribution is 5.49. The second kappa shape index (κ2) is 2.89. The zero-order chi connectivity index (χ0) is 11.3. The molecule has 0 spiro atoms. The molecule has 0 fully saturated rings. The van der Waals surface area contributed by atoms with E-state index in [1.165, 1.54) is 17.5 Å². The van der Waals surface area contributed by atoms with Crippen molar-refractivity contribution in [3.05, 3.63) is 34.9 Å². The Labute approximate surface area is 92.7 Å². The third-order valence-electron chi connectivity index (χ3n) is 3.53. The predicted molar refractivity (Wildman–Crippen MR) is 65.0 cm³/mol. The number of hydrogen-bond acceptors (Lipinski definition) is 0. The van der Waals surface area contributed by atoms with E-state index in [2.05, 4.69) is 51.8 Å². The first-order valence-electron chi connectivity index (χ1n) is 5.48. The molecule has 0 amide bonds. The SMILES string of the molecule is C#Cc1ccc2c(c1)C(C)(C)CC2(C)C. The lowest BCUT2D eigenvalue weighted by Gasteiger charge is -2.22. The monoisotopic (exact) mass is 198 g/mol. The van der Waals surface area contributed by atoms with Gasteiger partial charge in [-0.25, -0.2) is 0 Å². The van der Waals surface area contributed by atoms with Gasteiger partial charge in [0.05, 0.1) is 0 Å². The van der Waals surface area contributed by atoms with Gasteiger partial charge in [-0.15, -0.1) is 6.42 Å².